The minimum Gasteiger partial charge on any atom is -0.369 e. The zero-order valence-electron chi connectivity index (χ0n) is 9.90. The van der Waals surface area contributed by atoms with E-state index in [9.17, 15) is 5.11 Å². The lowest BCUT2D eigenvalue weighted by atomic mass is 10.0. The average molecular weight is 337 g/mol. The first-order valence-corrected chi connectivity index (χ1v) is 7.02. The molecule has 0 fully saturated rings. The molecular formula is C15H11BrClNO. The van der Waals surface area contributed by atoms with Gasteiger partial charge in [0.25, 0.3) is 0 Å². The number of halogens is 2. The lowest BCUT2D eigenvalue weighted by Gasteiger charge is -2.05. The zero-order valence-corrected chi connectivity index (χ0v) is 12.2. The number of anilines is 1. The van der Waals surface area contributed by atoms with E-state index in [0.717, 1.165) is 26.9 Å². The second kappa shape index (κ2) is 5.00. The van der Waals surface area contributed by atoms with Gasteiger partial charge in [-0.2, -0.15) is 0 Å². The number of benzene rings is 2. The third-order valence-electron chi connectivity index (χ3n) is 3.07. The van der Waals surface area contributed by atoms with Gasteiger partial charge in [-0.05, 0) is 42.0 Å². The number of aliphatic hydroxyl groups excluding tert-OH is 1. The van der Waals surface area contributed by atoms with E-state index in [2.05, 4.69) is 21.2 Å². The lowest BCUT2D eigenvalue weighted by molar-refractivity contribution is 0.266. The maximum absolute atomic E-state index is 10.1. The van der Waals surface area contributed by atoms with Crippen molar-refractivity contribution in [3.8, 4) is 0 Å². The average Bonchev–Trinajstić information content (AvgIpc) is 2.69. The highest BCUT2D eigenvalue weighted by molar-refractivity contribution is 9.10. The molecule has 2 nitrogen and oxygen atoms in total. The molecule has 1 heterocycles. The molecule has 1 unspecified atom stereocenters. The maximum atomic E-state index is 10.1. The molecule has 4 heteroatoms. The van der Waals surface area contributed by atoms with Crippen molar-refractivity contribution >= 4 is 44.9 Å². The van der Waals surface area contributed by atoms with Crippen LogP contribution in [0.25, 0.3) is 11.6 Å². The molecule has 2 N–H and O–H groups in total. The molecule has 19 heavy (non-hydrogen) atoms. The Kier molecular flexibility index (Phi) is 3.35. The van der Waals surface area contributed by atoms with Crippen LogP contribution in [-0.2, 0) is 0 Å². The van der Waals surface area contributed by atoms with Crippen molar-refractivity contribution < 1.29 is 5.11 Å². The molecule has 2 aromatic carbocycles. The predicted molar refractivity (Wildman–Crippen MR) is 83.1 cm³/mol. The summed E-state index contributed by atoms with van der Waals surface area (Å²) in [5, 5.41) is 13.8. The largest absolute Gasteiger partial charge is 0.369 e. The summed E-state index contributed by atoms with van der Waals surface area (Å²) in [7, 11) is 0. The molecule has 0 radical (unpaired) electrons. The maximum Gasteiger partial charge on any atom is 0.151 e. The normalized spacial score (nSPS) is 19.3. The van der Waals surface area contributed by atoms with Crippen LogP contribution >= 0.6 is 27.5 Å². The van der Waals surface area contributed by atoms with Crippen LogP contribution in [0.2, 0.25) is 5.02 Å². The van der Waals surface area contributed by atoms with Crippen molar-refractivity contribution in [2.24, 2.45) is 0 Å². The molecule has 2 aromatic rings. The van der Waals surface area contributed by atoms with E-state index in [1.165, 1.54) is 0 Å². The van der Waals surface area contributed by atoms with Gasteiger partial charge in [0.2, 0.25) is 0 Å². The molecular weight excluding hydrogens is 326 g/mol. The van der Waals surface area contributed by atoms with Gasteiger partial charge in [-0.15, -0.1) is 0 Å². The Morgan fingerprint density at radius 3 is 2.63 bits per heavy atom. The van der Waals surface area contributed by atoms with Crippen LogP contribution in [0.4, 0.5) is 5.69 Å². The first-order chi connectivity index (χ1) is 9.13. The number of fused-ring (bicyclic) bond motifs is 1. The Bertz CT molecular complexity index is 652. The Morgan fingerprint density at radius 2 is 1.89 bits per heavy atom. The van der Waals surface area contributed by atoms with Crippen molar-refractivity contribution in [3.63, 3.8) is 0 Å². The fourth-order valence-electron chi connectivity index (χ4n) is 2.15. The molecule has 0 bridgehead atoms. The van der Waals surface area contributed by atoms with E-state index in [-0.39, 0.29) is 0 Å². The van der Waals surface area contributed by atoms with Crippen molar-refractivity contribution in [2.75, 3.05) is 5.32 Å². The van der Waals surface area contributed by atoms with Gasteiger partial charge >= 0.3 is 0 Å². The molecule has 0 aliphatic carbocycles. The van der Waals surface area contributed by atoms with Gasteiger partial charge in [0.05, 0.1) is 0 Å². The first kappa shape index (κ1) is 12.7. The van der Waals surface area contributed by atoms with Crippen LogP contribution in [0.5, 0.6) is 0 Å². The third kappa shape index (κ3) is 2.54. The lowest BCUT2D eigenvalue weighted by Crippen LogP contribution is -2.12. The van der Waals surface area contributed by atoms with Gasteiger partial charge in [0.1, 0.15) is 0 Å². The molecule has 3 rings (SSSR count). The third-order valence-corrected chi connectivity index (χ3v) is 3.84. The van der Waals surface area contributed by atoms with Gasteiger partial charge in [-0.1, -0.05) is 39.7 Å². The van der Waals surface area contributed by atoms with E-state index < -0.39 is 6.23 Å². The summed E-state index contributed by atoms with van der Waals surface area (Å²) in [4.78, 5) is 0. The molecule has 1 aliphatic heterocycles. The second-order valence-corrected chi connectivity index (χ2v) is 5.74. The SMILES string of the molecule is OC1Nc2ccc(Cl)cc2/C1=C/c1ccc(Br)cc1. The number of nitrogens with one attached hydrogen (secondary N) is 1. The van der Waals surface area contributed by atoms with Crippen LogP contribution in [0, 0.1) is 0 Å². The fourth-order valence-corrected chi connectivity index (χ4v) is 2.59. The second-order valence-electron chi connectivity index (χ2n) is 4.39. The van der Waals surface area contributed by atoms with Gasteiger partial charge < -0.3 is 10.4 Å². The summed E-state index contributed by atoms with van der Waals surface area (Å²) in [6.45, 7) is 0. The van der Waals surface area contributed by atoms with Crippen LogP contribution in [0.1, 0.15) is 11.1 Å². The highest BCUT2D eigenvalue weighted by Crippen LogP contribution is 2.37. The number of aliphatic hydroxyl groups is 1. The first-order valence-electron chi connectivity index (χ1n) is 5.85. The summed E-state index contributed by atoms with van der Waals surface area (Å²) < 4.78 is 1.03. The van der Waals surface area contributed by atoms with Crippen molar-refractivity contribution in [3.05, 3.63) is 63.1 Å². The minimum atomic E-state index is -0.697. The monoisotopic (exact) mass is 335 g/mol. The summed E-state index contributed by atoms with van der Waals surface area (Å²) in [6.07, 6.45) is 1.27. The quantitative estimate of drug-likeness (QED) is 0.809. The smallest absolute Gasteiger partial charge is 0.151 e. The Balaban J connectivity index is 2.06. The topological polar surface area (TPSA) is 32.3 Å². The van der Waals surface area contributed by atoms with Gasteiger partial charge in [0.15, 0.2) is 6.23 Å². The van der Waals surface area contributed by atoms with Crippen LogP contribution in [0.15, 0.2) is 46.9 Å². The molecule has 0 saturated heterocycles. The molecule has 1 atom stereocenters. The van der Waals surface area contributed by atoms with E-state index >= 15 is 0 Å². The summed E-state index contributed by atoms with van der Waals surface area (Å²) in [5.41, 5.74) is 3.72. The molecule has 0 saturated carbocycles. The molecule has 1 aliphatic rings. The van der Waals surface area contributed by atoms with Crippen LogP contribution < -0.4 is 5.32 Å². The Labute approximate surface area is 124 Å². The molecule has 0 aromatic heterocycles. The fraction of sp³-hybridized carbons (Fsp3) is 0.0667. The van der Waals surface area contributed by atoms with E-state index in [4.69, 9.17) is 11.6 Å². The highest BCUT2D eigenvalue weighted by atomic mass is 79.9. The van der Waals surface area contributed by atoms with Crippen LogP contribution in [-0.4, -0.2) is 11.3 Å². The van der Waals surface area contributed by atoms with Gasteiger partial charge in [-0.3, -0.25) is 0 Å². The van der Waals surface area contributed by atoms with E-state index in [1.807, 2.05) is 48.5 Å². The molecule has 96 valence electrons. The van der Waals surface area contributed by atoms with Gasteiger partial charge in [-0.25, -0.2) is 0 Å². The van der Waals surface area contributed by atoms with Crippen molar-refractivity contribution in [1.29, 1.82) is 0 Å². The summed E-state index contributed by atoms with van der Waals surface area (Å²) in [5.74, 6) is 0. The molecule has 0 amide bonds. The van der Waals surface area contributed by atoms with Crippen molar-refractivity contribution in [1.82, 2.24) is 0 Å². The van der Waals surface area contributed by atoms with E-state index in [1.54, 1.807) is 0 Å². The number of rotatable bonds is 1. The number of hydrogen-bond donors (Lipinski definition) is 2. The number of hydrogen-bond acceptors (Lipinski definition) is 2. The summed E-state index contributed by atoms with van der Waals surface area (Å²) in [6, 6.07) is 13.5. The van der Waals surface area contributed by atoms with E-state index in [0.29, 0.717) is 5.02 Å². The zero-order chi connectivity index (χ0) is 13.4. The van der Waals surface area contributed by atoms with Gasteiger partial charge in [0, 0.05) is 26.3 Å². The summed E-state index contributed by atoms with van der Waals surface area (Å²) >= 11 is 9.42. The Morgan fingerprint density at radius 1 is 1.16 bits per heavy atom. The molecule has 0 spiro atoms. The highest BCUT2D eigenvalue weighted by Gasteiger charge is 2.24. The van der Waals surface area contributed by atoms with Crippen LogP contribution in [0.3, 0.4) is 0 Å². The minimum absolute atomic E-state index is 0.663. The predicted octanol–water partition coefficient (Wildman–Crippen LogP) is 4.39. The van der Waals surface area contributed by atoms with Crippen molar-refractivity contribution in [2.45, 2.75) is 6.23 Å². The Hall–Kier alpha value is -1.29. The standard InChI is InChI=1S/C15H11BrClNO/c16-10-3-1-9(2-4-10)7-13-12-8-11(17)5-6-14(12)18-15(13)19/h1-8,15,18-19H/b13-7-.